The Labute approximate surface area is 145 Å². The summed E-state index contributed by atoms with van der Waals surface area (Å²) in [6, 6.07) is 4.08. The van der Waals surface area contributed by atoms with Crippen LogP contribution >= 0.6 is 0 Å². The molecule has 5 heteroatoms. The zero-order valence-electron chi connectivity index (χ0n) is 15.0. The van der Waals surface area contributed by atoms with Crippen molar-refractivity contribution in [3.63, 3.8) is 0 Å². The lowest BCUT2D eigenvalue weighted by Crippen LogP contribution is -2.54. The van der Waals surface area contributed by atoms with E-state index in [9.17, 15) is 4.79 Å². The molecular weight excluding hydrogens is 300 g/mol. The van der Waals surface area contributed by atoms with Crippen LogP contribution in [0.5, 0.6) is 0 Å². The fourth-order valence-corrected chi connectivity index (χ4v) is 3.73. The molecule has 0 aromatic carbocycles. The molecule has 3 heterocycles. The summed E-state index contributed by atoms with van der Waals surface area (Å²) in [6.45, 7) is 7.85. The molecule has 2 saturated heterocycles. The van der Waals surface area contributed by atoms with Crippen molar-refractivity contribution in [2.75, 3.05) is 31.1 Å². The Morgan fingerprint density at radius 3 is 2.46 bits per heavy atom. The molecule has 0 saturated carbocycles. The number of pyridine rings is 1. The van der Waals surface area contributed by atoms with Crippen LogP contribution in [-0.2, 0) is 0 Å². The topological polar surface area (TPSA) is 62.5 Å². The van der Waals surface area contributed by atoms with E-state index in [4.69, 9.17) is 5.73 Å². The maximum absolute atomic E-state index is 12.8. The summed E-state index contributed by atoms with van der Waals surface area (Å²) in [5.74, 6) is 1.07. The second-order valence-electron chi connectivity index (χ2n) is 7.92. The second kappa shape index (κ2) is 7.09. The van der Waals surface area contributed by atoms with E-state index in [2.05, 4.69) is 23.7 Å². The number of anilines is 1. The number of amides is 1. The SMILES string of the molecule is CC1(C)CN(C(=O)c2ccc(N3CCCCCC3)nc2)CCC1N. The summed E-state index contributed by atoms with van der Waals surface area (Å²) < 4.78 is 0. The van der Waals surface area contributed by atoms with E-state index in [-0.39, 0.29) is 17.4 Å². The van der Waals surface area contributed by atoms with E-state index >= 15 is 0 Å². The molecule has 2 aliphatic rings. The highest BCUT2D eigenvalue weighted by molar-refractivity contribution is 5.94. The van der Waals surface area contributed by atoms with Gasteiger partial charge in [0, 0.05) is 38.4 Å². The van der Waals surface area contributed by atoms with Gasteiger partial charge >= 0.3 is 0 Å². The van der Waals surface area contributed by atoms with E-state index < -0.39 is 0 Å². The number of aromatic nitrogens is 1. The van der Waals surface area contributed by atoms with Gasteiger partial charge in [-0.1, -0.05) is 26.7 Å². The van der Waals surface area contributed by atoms with Crippen molar-refractivity contribution in [1.29, 1.82) is 0 Å². The lowest BCUT2D eigenvalue weighted by molar-refractivity contribution is 0.0532. The largest absolute Gasteiger partial charge is 0.357 e. The Balaban J connectivity index is 1.67. The molecule has 3 rings (SSSR count). The van der Waals surface area contributed by atoms with E-state index in [1.165, 1.54) is 25.7 Å². The van der Waals surface area contributed by atoms with Gasteiger partial charge in [-0.3, -0.25) is 4.79 Å². The third kappa shape index (κ3) is 3.72. The lowest BCUT2D eigenvalue weighted by atomic mass is 9.79. The second-order valence-corrected chi connectivity index (χ2v) is 7.92. The molecule has 0 spiro atoms. The molecule has 5 nitrogen and oxygen atoms in total. The number of piperidine rings is 1. The maximum Gasteiger partial charge on any atom is 0.255 e. The molecule has 24 heavy (non-hydrogen) atoms. The van der Waals surface area contributed by atoms with E-state index in [0.717, 1.165) is 31.9 Å². The monoisotopic (exact) mass is 330 g/mol. The van der Waals surface area contributed by atoms with E-state index in [0.29, 0.717) is 12.1 Å². The Morgan fingerprint density at radius 1 is 1.17 bits per heavy atom. The predicted molar refractivity (Wildman–Crippen MR) is 97.2 cm³/mol. The maximum atomic E-state index is 12.8. The Hall–Kier alpha value is -1.62. The van der Waals surface area contributed by atoms with Gasteiger partial charge in [0.15, 0.2) is 0 Å². The summed E-state index contributed by atoms with van der Waals surface area (Å²) in [4.78, 5) is 21.6. The van der Waals surface area contributed by atoms with E-state index in [1.807, 2.05) is 17.0 Å². The number of likely N-dealkylation sites (tertiary alicyclic amines) is 1. The molecule has 132 valence electrons. The van der Waals surface area contributed by atoms with Crippen LogP contribution in [0, 0.1) is 5.41 Å². The fraction of sp³-hybridized carbons (Fsp3) is 0.684. The average Bonchev–Trinajstić information content (AvgIpc) is 2.86. The van der Waals surface area contributed by atoms with Gasteiger partial charge in [-0.05, 0) is 36.8 Å². The van der Waals surface area contributed by atoms with Crippen molar-refractivity contribution in [3.8, 4) is 0 Å². The molecule has 2 N–H and O–H groups in total. The average molecular weight is 330 g/mol. The first-order chi connectivity index (χ1) is 11.5. The normalized spacial score (nSPS) is 24.5. The Morgan fingerprint density at radius 2 is 1.88 bits per heavy atom. The molecule has 1 atom stereocenters. The van der Waals surface area contributed by atoms with Gasteiger partial charge in [0.25, 0.3) is 5.91 Å². The molecule has 1 aromatic heterocycles. The van der Waals surface area contributed by atoms with Gasteiger partial charge in [0.05, 0.1) is 5.56 Å². The molecule has 1 amide bonds. The van der Waals surface area contributed by atoms with Crippen LogP contribution in [0.25, 0.3) is 0 Å². The van der Waals surface area contributed by atoms with Crippen LogP contribution in [0.2, 0.25) is 0 Å². The van der Waals surface area contributed by atoms with Crippen molar-refractivity contribution in [2.45, 2.75) is 52.0 Å². The van der Waals surface area contributed by atoms with Crippen LogP contribution in [-0.4, -0.2) is 48.0 Å². The molecule has 0 bridgehead atoms. The first kappa shape index (κ1) is 17.2. The van der Waals surface area contributed by atoms with Crippen molar-refractivity contribution in [3.05, 3.63) is 23.9 Å². The number of rotatable bonds is 2. The predicted octanol–water partition coefficient (Wildman–Crippen LogP) is 2.66. The van der Waals surface area contributed by atoms with Gasteiger partial charge in [0.1, 0.15) is 5.82 Å². The summed E-state index contributed by atoms with van der Waals surface area (Å²) in [6.07, 6.45) is 7.67. The smallest absolute Gasteiger partial charge is 0.255 e. The first-order valence-corrected chi connectivity index (χ1v) is 9.23. The van der Waals surface area contributed by atoms with Gasteiger partial charge in [-0.15, -0.1) is 0 Å². The lowest BCUT2D eigenvalue weighted by Gasteiger charge is -2.42. The summed E-state index contributed by atoms with van der Waals surface area (Å²) in [5.41, 5.74) is 6.82. The summed E-state index contributed by atoms with van der Waals surface area (Å²) in [7, 11) is 0. The molecule has 2 aliphatic heterocycles. The zero-order chi connectivity index (χ0) is 17.2. The number of nitrogens with two attached hydrogens (primary N) is 1. The molecular formula is C19H30N4O. The highest BCUT2D eigenvalue weighted by atomic mass is 16.2. The minimum Gasteiger partial charge on any atom is -0.357 e. The highest BCUT2D eigenvalue weighted by Crippen LogP contribution is 2.28. The van der Waals surface area contributed by atoms with Crippen LogP contribution in [0.3, 0.4) is 0 Å². The van der Waals surface area contributed by atoms with E-state index in [1.54, 1.807) is 6.20 Å². The molecule has 0 aliphatic carbocycles. The third-order valence-corrected chi connectivity index (χ3v) is 5.52. The molecule has 0 radical (unpaired) electrons. The number of nitrogens with zero attached hydrogens (tertiary/aromatic N) is 3. The number of hydrogen-bond donors (Lipinski definition) is 1. The van der Waals surface area contributed by atoms with Crippen LogP contribution in [0.4, 0.5) is 5.82 Å². The third-order valence-electron chi connectivity index (χ3n) is 5.52. The zero-order valence-corrected chi connectivity index (χ0v) is 15.0. The van der Waals surface area contributed by atoms with Crippen LogP contribution < -0.4 is 10.6 Å². The minimum absolute atomic E-state index is 0.0344. The minimum atomic E-state index is -0.0344. The van der Waals surface area contributed by atoms with Gasteiger partial charge in [0.2, 0.25) is 0 Å². The number of carbonyl (C=O) groups excluding carboxylic acids is 1. The molecule has 1 aromatic rings. The first-order valence-electron chi connectivity index (χ1n) is 9.23. The molecule has 1 unspecified atom stereocenters. The number of hydrogen-bond acceptors (Lipinski definition) is 4. The number of carbonyl (C=O) groups is 1. The molecule has 2 fully saturated rings. The fourth-order valence-electron chi connectivity index (χ4n) is 3.73. The van der Waals surface area contributed by atoms with Crippen molar-refractivity contribution in [1.82, 2.24) is 9.88 Å². The standard InChI is InChI=1S/C19H30N4O/c1-19(2)14-23(12-9-16(19)20)18(24)15-7-8-17(21-13-15)22-10-5-3-4-6-11-22/h7-8,13,16H,3-6,9-12,14,20H2,1-2H3. The quantitative estimate of drug-likeness (QED) is 0.905. The Bertz CT molecular complexity index is 561. The highest BCUT2D eigenvalue weighted by Gasteiger charge is 2.35. The summed E-state index contributed by atoms with van der Waals surface area (Å²) >= 11 is 0. The van der Waals surface area contributed by atoms with Crippen molar-refractivity contribution >= 4 is 11.7 Å². The van der Waals surface area contributed by atoms with Crippen LogP contribution in [0.1, 0.15) is 56.3 Å². The van der Waals surface area contributed by atoms with Crippen molar-refractivity contribution < 1.29 is 4.79 Å². The van der Waals surface area contributed by atoms with Gasteiger partial charge in [-0.2, -0.15) is 0 Å². The van der Waals surface area contributed by atoms with Gasteiger partial charge < -0.3 is 15.5 Å². The summed E-state index contributed by atoms with van der Waals surface area (Å²) in [5, 5.41) is 0. The van der Waals surface area contributed by atoms with Gasteiger partial charge in [-0.25, -0.2) is 4.98 Å². The Kier molecular flexibility index (Phi) is 5.09. The van der Waals surface area contributed by atoms with Crippen molar-refractivity contribution in [2.24, 2.45) is 11.1 Å². The van der Waals surface area contributed by atoms with Crippen LogP contribution in [0.15, 0.2) is 18.3 Å².